The number of ether oxygens (including phenoxy) is 2. The molecule has 1 aliphatic heterocycles. The molecule has 2 heteroatoms. The molecule has 0 spiro atoms. The molecule has 3 fully saturated rings. The molecular formula is C26H40O2. The zero-order valence-electron chi connectivity index (χ0n) is 18.6. The zero-order chi connectivity index (χ0) is 20.0. The third-order valence-corrected chi connectivity index (χ3v) is 7.34. The van der Waals surface area contributed by atoms with Gasteiger partial charge in [0.1, 0.15) is 0 Å². The van der Waals surface area contributed by atoms with Crippen molar-refractivity contribution in [3.05, 3.63) is 0 Å². The summed E-state index contributed by atoms with van der Waals surface area (Å²) in [7, 11) is 0. The molecule has 156 valence electrons. The van der Waals surface area contributed by atoms with Crippen molar-refractivity contribution in [2.45, 2.75) is 97.7 Å². The predicted molar refractivity (Wildman–Crippen MR) is 115 cm³/mol. The minimum Gasteiger partial charge on any atom is -0.339 e. The van der Waals surface area contributed by atoms with Gasteiger partial charge in [-0.25, -0.2) is 0 Å². The summed E-state index contributed by atoms with van der Waals surface area (Å²) >= 11 is 0. The van der Waals surface area contributed by atoms with Crippen molar-refractivity contribution >= 4 is 0 Å². The highest BCUT2D eigenvalue weighted by molar-refractivity contribution is 5.14. The molecule has 3 aliphatic rings. The van der Waals surface area contributed by atoms with Crippen LogP contribution in [0.25, 0.3) is 0 Å². The summed E-state index contributed by atoms with van der Waals surface area (Å²) in [5.74, 6) is 15.5. The molecule has 2 saturated carbocycles. The summed E-state index contributed by atoms with van der Waals surface area (Å²) in [6.07, 6.45) is 12.8. The van der Waals surface area contributed by atoms with E-state index in [1.807, 2.05) is 13.8 Å². The average Bonchev–Trinajstić information content (AvgIpc) is 2.69. The average molecular weight is 385 g/mol. The summed E-state index contributed by atoms with van der Waals surface area (Å²) in [6, 6.07) is 0. The van der Waals surface area contributed by atoms with Crippen molar-refractivity contribution < 1.29 is 9.47 Å². The van der Waals surface area contributed by atoms with Gasteiger partial charge in [-0.15, -0.1) is 11.8 Å². The minimum atomic E-state index is -0.665. The third-order valence-electron chi connectivity index (χ3n) is 7.34. The predicted octanol–water partition coefficient (Wildman–Crippen LogP) is 6.20. The molecule has 0 amide bonds. The lowest BCUT2D eigenvalue weighted by Crippen LogP contribution is -2.44. The van der Waals surface area contributed by atoms with Gasteiger partial charge >= 0.3 is 0 Å². The van der Waals surface area contributed by atoms with Gasteiger partial charge in [0.25, 0.3) is 0 Å². The number of hydrogen-bond acceptors (Lipinski definition) is 2. The Kier molecular flexibility index (Phi) is 7.53. The molecule has 28 heavy (non-hydrogen) atoms. The summed E-state index contributed by atoms with van der Waals surface area (Å²) in [6.45, 7) is 10.0. The van der Waals surface area contributed by atoms with Crippen LogP contribution in [0.15, 0.2) is 0 Å². The Balaban J connectivity index is 1.58. The van der Waals surface area contributed by atoms with Crippen molar-refractivity contribution in [1.29, 1.82) is 0 Å². The molecule has 0 bridgehead atoms. The fraction of sp³-hybridized carbons (Fsp3) is 0.846. The fourth-order valence-electron chi connectivity index (χ4n) is 5.62. The van der Waals surface area contributed by atoms with Gasteiger partial charge in [0.05, 0.1) is 13.2 Å². The first-order valence-electron chi connectivity index (χ1n) is 11.6. The minimum absolute atomic E-state index is 0.253. The lowest BCUT2D eigenvalue weighted by molar-refractivity contribution is -0.254. The van der Waals surface area contributed by atoms with Crippen molar-refractivity contribution in [2.24, 2.45) is 29.1 Å². The van der Waals surface area contributed by atoms with Crippen molar-refractivity contribution in [3.8, 4) is 23.7 Å². The van der Waals surface area contributed by atoms with Gasteiger partial charge in [0, 0.05) is 17.8 Å². The molecule has 0 N–H and O–H groups in total. The van der Waals surface area contributed by atoms with Crippen LogP contribution in [-0.4, -0.2) is 19.0 Å². The third kappa shape index (κ3) is 5.55. The van der Waals surface area contributed by atoms with Crippen LogP contribution in [0.1, 0.15) is 91.9 Å². The van der Waals surface area contributed by atoms with E-state index in [0.717, 1.165) is 31.5 Å². The van der Waals surface area contributed by atoms with Gasteiger partial charge in [-0.2, -0.15) is 0 Å². The Labute approximate surface area is 173 Å². The van der Waals surface area contributed by atoms with E-state index in [4.69, 9.17) is 9.47 Å². The monoisotopic (exact) mass is 384 g/mol. The highest BCUT2D eigenvalue weighted by atomic mass is 16.7. The highest BCUT2D eigenvalue weighted by Gasteiger charge is 2.42. The summed E-state index contributed by atoms with van der Waals surface area (Å²) in [5, 5.41) is 0. The fourth-order valence-corrected chi connectivity index (χ4v) is 5.62. The van der Waals surface area contributed by atoms with Crippen LogP contribution >= 0.6 is 0 Å². The van der Waals surface area contributed by atoms with Gasteiger partial charge < -0.3 is 9.47 Å². The first-order valence-corrected chi connectivity index (χ1v) is 11.6. The normalized spacial score (nSPS) is 41.3. The Morgan fingerprint density at radius 2 is 1.29 bits per heavy atom. The topological polar surface area (TPSA) is 18.5 Å². The van der Waals surface area contributed by atoms with Gasteiger partial charge in [0.15, 0.2) is 0 Å². The maximum absolute atomic E-state index is 6.13. The Bertz CT molecular complexity index is 604. The van der Waals surface area contributed by atoms with E-state index >= 15 is 0 Å². The molecule has 0 aromatic heterocycles. The van der Waals surface area contributed by atoms with Crippen LogP contribution in [-0.2, 0) is 9.47 Å². The van der Waals surface area contributed by atoms with E-state index < -0.39 is 5.79 Å². The molecule has 0 aromatic carbocycles. The molecule has 2 aliphatic carbocycles. The molecule has 3 rings (SSSR count). The van der Waals surface area contributed by atoms with Gasteiger partial charge in [-0.3, -0.25) is 0 Å². The smallest absolute Gasteiger partial charge is 0.233 e. The SMILES string of the molecule is CC#CC1(CC2CCC(C)CC2)CCC(CC2(C#CC)OCC(C)CO2)CC1. The largest absolute Gasteiger partial charge is 0.339 e. The lowest BCUT2D eigenvalue weighted by atomic mass is 9.64. The summed E-state index contributed by atoms with van der Waals surface area (Å²) in [5.41, 5.74) is 0.253. The summed E-state index contributed by atoms with van der Waals surface area (Å²) in [4.78, 5) is 0. The van der Waals surface area contributed by atoms with Crippen LogP contribution in [0.2, 0.25) is 0 Å². The second-order valence-corrected chi connectivity index (χ2v) is 9.99. The lowest BCUT2D eigenvalue weighted by Gasteiger charge is -2.43. The molecule has 1 heterocycles. The quantitative estimate of drug-likeness (QED) is 0.538. The molecule has 0 unspecified atom stereocenters. The van der Waals surface area contributed by atoms with Crippen molar-refractivity contribution in [3.63, 3.8) is 0 Å². The molecular weight excluding hydrogens is 344 g/mol. The van der Waals surface area contributed by atoms with E-state index in [-0.39, 0.29) is 5.41 Å². The first-order chi connectivity index (χ1) is 13.5. The van der Waals surface area contributed by atoms with E-state index in [1.165, 1.54) is 57.8 Å². The van der Waals surface area contributed by atoms with E-state index in [2.05, 4.69) is 37.5 Å². The number of hydrogen-bond donors (Lipinski definition) is 0. The van der Waals surface area contributed by atoms with Gasteiger partial charge in [0.2, 0.25) is 5.79 Å². The van der Waals surface area contributed by atoms with Crippen LogP contribution in [0, 0.1) is 52.8 Å². The highest BCUT2D eigenvalue weighted by Crippen LogP contribution is 2.48. The van der Waals surface area contributed by atoms with Gasteiger partial charge in [-0.05, 0) is 69.6 Å². The molecule has 0 radical (unpaired) electrons. The second kappa shape index (κ2) is 9.69. The van der Waals surface area contributed by atoms with Crippen molar-refractivity contribution in [1.82, 2.24) is 0 Å². The zero-order valence-corrected chi connectivity index (χ0v) is 18.6. The van der Waals surface area contributed by atoms with Crippen LogP contribution in [0.4, 0.5) is 0 Å². The standard InChI is InChI=1S/C26H40O2/c1-5-13-25(17-23-9-7-21(3)8-10-23)15-11-24(12-16-25)18-26(14-6-2)27-19-22(4)20-28-26/h21-24H,7-12,15-20H2,1-4H3. The molecule has 2 nitrogen and oxygen atoms in total. The van der Waals surface area contributed by atoms with E-state index in [0.29, 0.717) is 11.8 Å². The molecule has 1 saturated heterocycles. The summed E-state index contributed by atoms with van der Waals surface area (Å²) < 4.78 is 12.3. The Morgan fingerprint density at radius 1 is 0.714 bits per heavy atom. The van der Waals surface area contributed by atoms with Gasteiger partial charge in [-0.1, -0.05) is 45.5 Å². The van der Waals surface area contributed by atoms with E-state index in [1.54, 1.807) is 0 Å². The molecule has 0 aromatic rings. The molecule has 0 atom stereocenters. The maximum Gasteiger partial charge on any atom is 0.233 e. The first kappa shape index (κ1) is 21.7. The van der Waals surface area contributed by atoms with E-state index in [9.17, 15) is 0 Å². The van der Waals surface area contributed by atoms with Crippen LogP contribution in [0.5, 0.6) is 0 Å². The second-order valence-electron chi connectivity index (χ2n) is 9.99. The van der Waals surface area contributed by atoms with Crippen molar-refractivity contribution in [2.75, 3.05) is 13.2 Å². The van der Waals surface area contributed by atoms with Crippen LogP contribution < -0.4 is 0 Å². The Morgan fingerprint density at radius 3 is 1.86 bits per heavy atom. The van der Waals surface area contributed by atoms with Crippen LogP contribution in [0.3, 0.4) is 0 Å². The Hall–Kier alpha value is -0.960. The number of rotatable bonds is 4. The maximum atomic E-state index is 6.13.